The third-order valence-electron chi connectivity index (χ3n) is 18.8. The van der Waals surface area contributed by atoms with Gasteiger partial charge >= 0.3 is 15.1 Å². The van der Waals surface area contributed by atoms with E-state index in [1.54, 1.807) is 0 Å². The molecule has 0 radical (unpaired) electrons. The van der Waals surface area contributed by atoms with Crippen molar-refractivity contribution in [1.29, 1.82) is 0 Å². The summed E-state index contributed by atoms with van der Waals surface area (Å²) in [6, 6.07) is 77.0. The highest BCUT2D eigenvalue weighted by molar-refractivity contribution is 6.33. The number of anilines is 2. The van der Waals surface area contributed by atoms with Crippen LogP contribution in [-0.2, 0) is 47.3 Å². The maximum Gasteiger partial charge on any atom is 0.762 e. The summed E-state index contributed by atoms with van der Waals surface area (Å²) >= 11 is 0. The fourth-order valence-electron chi connectivity index (χ4n) is 15.1. The standard InChI is InChI=1S/C76H72N4.2BF3.2FH/c1-73(2)67(79(7)65-47-45-57-29-15-17-31-59(57)71(65)73)37-23-39-69-75(49-53-25-11-9-12-26-53,61-33-19-21-35-63(61)77(69)5)51-55-41-43-56(44-42-55)52-76(50-54-27-13-10-14-28-54)62-34-20-22-36-64(62)78(6)70(76)40-24-38-68-74(3,4)72-60-32-18-16-30-58(60)46-48-66(72)80(68)8;2*2-1(3)4;;/h9-48H,49-52H2,1-8H3;;;2*1H/q+2;;;;/p-2. The SMILES string of the molecule is CN1C(=CC=CC2=[N+](C)c3ccc4ccccc4c3C2(C)C)C(Cc2ccccc2)(Cc2ccc(CC3(Cc4ccccc4)C(=CC=CC4=[N+](C)c5ccc6ccccc6c5C4(C)C)N(C)c4ccccc43)cc2)c2ccccc21.FB(F)F.FB(F)F.[F-].[F-]. The molecule has 9 aromatic rings. The Morgan fingerprint density at radius 3 is 1.04 bits per heavy atom. The summed E-state index contributed by atoms with van der Waals surface area (Å²) in [5, 5.41) is 5.23. The molecule has 2 unspecified atom stereocenters. The van der Waals surface area contributed by atoms with Crippen LogP contribution in [0.1, 0.15) is 72.2 Å². The molecule has 4 aliphatic rings. The Labute approximate surface area is 524 Å². The lowest BCUT2D eigenvalue weighted by Crippen LogP contribution is -3.00. The molecule has 0 fully saturated rings. The molecule has 0 bridgehead atoms. The van der Waals surface area contributed by atoms with Crippen LogP contribution in [0, 0.1) is 0 Å². The van der Waals surface area contributed by atoms with Crippen LogP contribution in [0.2, 0.25) is 0 Å². The fourth-order valence-corrected chi connectivity index (χ4v) is 15.1. The third kappa shape index (κ3) is 12.1. The molecule has 0 aliphatic carbocycles. The number of benzene rings is 9. The lowest BCUT2D eigenvalue weighted by atomic mass is 9.69. The quantitative estimate of drug-likeness (QED) is 0.0687. The maximum absolute atomic E-state index is 9.67. The first-order valence-corrected chi connectivity index (χ1v) is 30.0. The molecule has 0 amide bonds. The van der Waals surface area contributed by atoms with E-state index in [0.29, 0.717) is 0 Å². The van der Waals surface area contributed by atoms with Gasteiger partial charge < -0.3 is 19.2 Å². The fraction of sp³-hybridized carbons (Fsp3) is 0.211. The van der Waals surface area contributed by atoms with E-state index in [-0.39, 0.29) is 31.1 Å². The van der Waals surface area contributed by atoms with E-state index in [0.717, 1.165) is 25.7 Å². The molecule has 4 heterocycles. The van der Waals surface area contributed by atoms with Crippen LogP contribution in [0.3, 0.4) is 0 Å². The molecular formula is C76H72B2F8N4. The normalized spacial score (nSPS) is 19.1. The van der Waals surface area contributed by atoms with Gasteiger partial charge in [-0.25, -0.2) is 0 Å². The Morgan fingerprint density at radius 1 is 0.389 bits per heavy atom. The van der Waals surface area contributed by atoms with Crippen molar-refractivity contribution < 1.29 is 44.5 Å². The highest BCUT2D eigenvalue weighted by Gasteiger charge is 2.49. The number of halogens is 8. The summed E-state index contributed by atoms with van der Waals surface area (Å²) in [4.78, 5) is 4.92. The predicted molar refractivity (Wildman–Crippen MR) is 355 cm³/mol. The van der Waals surface area contributed by atoms with Gasteiger partial charge in [0.05, 0.1) is 10.8 Å². The molecule has 0 aromatic heterocycles. The molecule has 0 saturated carbocycles. The van der Waals surface area contributed by atoms with Gasteiger partial charge in [-0.15, -0.1) is 0 Å². The van der Waals surface area contributed by atoms with E-state index >= 15 is 0 Å². The minimum atomic E-state index is -3.67. The van der Waals surface area contributed by atoms with Crippen LogP contribution in [0.4, 0.5) is 48.6 Å². The zero-order chi connectivity index (χ0) is 62.1. The molecule has 2 atom stereocenters. The Kier molecular flexibility index (Phi) is 19.3. The predicted octanol–water partition coefficient (Wildman–Crippen LogP) is 12.4. The first-order valence-electron chi connectivity index (χ1n) is 30.0. The van der Waals surface area contributed by atoms with E-state index in [4.69, 9.17) is 0 Å². The number of para-hydroxylation sites is 2. The second-order valence-electron chi connectivity index (χ2n) is 24.6. The summed E-state index contributed by atoms with van der Waals surface area (Å²) in [6.07, 6.45) is 17.7. The van der Waals surface area contributed by atoms with Crippen molar-refractivity contribution in [2.45, 2.75) is 75.0 Å². The molecule has 9 aromatic carbocycles. The van der Waals surface area contributed by atoms with Crippen LogP contribution < -0.4 is 19.2 Å². The van der Waals surface area contributed by atoms with Crippen molar-refractivity contribution in [1.82, 2.24) is 0 Å². The minimum Gasteiger partial charge on any atom is -1.00 e. The van der Waals surface area contributed by atoms with Crippen molar-refractivity contribution in [3.05, 3.63) is 299 Å². The number of likely N-dealkylation sites (N-methyl/N-ethyl adjacent to an activating group) is 2. The van der Waals surface area contributed by atoms with Crippen molar-refractivity contribution in [2.75, 3.05) is 38.0 Å². The summed E-state index contributed by atoms with van der Waals surface area (Å²) < 4.78 is 62.8. The second kappa shape index (κ2) is 26.6. The number of allylic oxidation sites excluding steroid dienone is 8. The first-order chi connectivity index (χ1) is 42.3. The summed E-state index contributed by atoms with van der Waals surface area (Å²) in [5.41, 5.74) is 20.1. The van der Waals surface area contributed by atoms with Crippen LogP contribution >= 0.6 is 0 Å². The molecule has 4 aliphatic heterocycles. The molecule has 0 saturated heterocycles. The van der Waals surface area contributed by atoms with Crippen LogP contribution in [0.25, 0.3) is 21.5 Å². The summed E-state index contributed by atoms with van der Waals surface area (Å²) in [5.74, 6) is 0. The van der Waals surface area contributed by atoms with Crippen molar-refractivity contribution in [3.63, 3.8) is 0 Å². The maximum atomic E-state index is 9.67. The zero-order valence-corrected chi connectivity index (χ0v) is 51.9. The first kappa shape index (κ1) is 65.4. The Bertz CT molecular complexity index is 3990. The van der Waals surface area contributed by atoms with E-state index in [2.05, 4.69) is 318 Å². The van der Waals surface area contributed by atoms with E-state index in [9.17, 15) is 25.9 Å². The number of hydrogen-bond donors (Lipinski definition) is 0. The number of nitrogens with zero attached hydrogens (tertiary/aromatic N) is 4. The molecule has 458 valence electrons. The van der Waals surface area contributed by atoms with Gasteiger partial charge in [0.25, 0.3) is 0 Å². The van der Waals surface area contributed by atoms with Gasteiger partial charge in [0, 0.05) is 83.1 Å². The molecular weight excluding hydrogens is 1140 g/mol. The number of hydrogen-bond acceptors (Lipinski definition) is 2. The summed E-state index contributed by atoms with van der Waals surface area (Å²) in [7, 11) is 1.66. The van der Waals surface area contributed by atoms with Crippen LogP contribution in [-0.4, -0.2) is 63.9 Å². The second-order valence-corrected chi connectivity index (χ2v) is 24.6. The van der Waals surface area contributed by atoms with Gasteiger partial charge in [0.2, 0.25) is 11.4 Å². The molecule has 0 N–H and O–H groups in total. The topological polar surface area (TPSA) is 12.5 Å². The van der Waals surface area contributed by atoms with Crippen LogP contribution in [0.15, 0.2) is 254 Å². The van der Waals surface area contributed by atoms with Crippen molar-refractivity contribution in [3.8, 4) is 0 Å². The van der Waals surface area contributed by atoms with Gasteiger partial charge in [-0.1, -0.05) is 182 Å². The van der Waals surface area contributed by atoms with Gasteiger partial charge in [-0.3, -0.25) is 25.9 Å². The average molecular weight is 1220 g/mol. The molecule has 4 nitrogen and oxygen atoms in total. The molecule has 90 heavy (non-hydrogen) atoms. The van der Waals surface area contributed by atoms with Gasteiger partial charge in [0.1, 0.15) is 14.1 Å². The average Bonchev–Trinajstić information content (AvgIpc) is 1.62. The van der Waals surface area contributed by atoms with Crippen molar-refractivity contribution in [2.24, 2.45) is 0 Å². The van der Waals surface area contributed by atoms with Gasteiger partial charge in [-0.05, 0) is 145 Å². The number of fused-ring (bicyclic) bond motifs is 8. The highest BCUT2D eigenvalue weighted by Crippen LogP contribution is 2.54. The van der Waals surface area contributed by atoms with Gasteiger partial charge in [-0.2, -0.15) is 9.15 Å². The molecule has 13 rings (SSSR count). The van der Waals surface area contributed by atoms with Crippen molar-refractivity contribution >= 4 is 70.8 Å². The lowest BCUT2D eigenvalue weighted by molar-refractivity contribution is -0.401. The highest BCUT2D eigenvalue weighted by atomic mass is 19.4. The Morgan fingerprint density at radius 2 is 0.689 bits per heavy atom. The lowest BCUT2D eigenvalue weighted by Gasteiger charge is -2.34. The minimum absolute atomic E-state index is 0. The Balaban J connectivity index is 0.000000908. The summed E-state index contributed by atoms with van der Waals surface area (Å²) in [6.45, 7) is 9.53. The van der Waals surface area contributed by atoms with Crippen LogP contribution in [0.5, 0.6) is 0 Å². The Hall–Kier alpha value is -9.03. The zero-order valence-electron chi connectivity index (χ0n) is 51.9. The third-order valence-corrected chi connectivity index (χ3v) is 18.8. The number of rotatable bonds is 12. The van der Waals surface area contributed by atoms with E-state index in [1.807, 2.05) is 0 Å². The smallest absolute Gasteiger partial charge is 0.762 e. The van der Waals surface area contributed by atoms with E-state index < -0.39 is 15.1 Å². The van der Waals surface area contributed by atoms with E-state index in [1.165, 1.54) is 112 Å². The largest absolute Gasteiger partial charge is 1.00 e. The monoisotopic (exact) mass is 1210 g/mol. The molecule has 14 heteroatoms. The van der Waals surface area contributed by atoms with Gasteiger partial charge in [0.15, 0.2) is 11.4 Å². The molecule has 0 spiro atoms.